The van der Waals surface area contributed by atoms with Crippen molar-refractivity contribution in [1.29, 1.82) is 0 Å². The second kappa shape index (κ2) is 7.10. The Balaban J connectivity index is 2.60. The quantitative estimate of drug-likeness (QED) is 0.762. The van der Waals surface area contributed by atoms with Gasteiger partial charge in [-0.15, -0.1) is 0 Å². The van der Waals surface area contributed by atoms with Gasteiger partial charge in [0.25, 0.3) is 0 Å². The van der Waals surface area contributed by atoms with Gasteiger partial charge in [0.15, 0.2) is 17.5 Å². The fraction of sp³-hybridized carbons (Fsp3) is 0.0556. The standard InChI is InChI=1S/C18H17N3/c1-4-10-14(11-5-2)17-19-16(6-3)20-18(21-17)15-12-8-7-9-13-15/h4-13H,1,3H2,2H3/b11-5-,14-10+. The number of aromatic nitrogens is 3. The Bertz CT molecular complexity index is 698. The van der Waals surface area contributed by atoms with Crippen LogP contribution in [0, 0.1) is 0 Å². The molecule has 3 nitrogen and oxygen atoms in total. The molecule has 0 aliphatic carbocycles. The van der Waals surface area contributed by atoms with Crippen molar-refractivity contribution in [2.24, 2.45) is 0 Å². The predicted molar refractivity (Wildman–Crippen MR) is 88.3 cm³/mol. The van der Waals surface area contributed by atoms with E-state index in [1.807, 2.05) is 55.5 Å². The molecule has 0 atom stereocenters. The molecule has 1 heterocycles. The van der Waals surface area contributed by atoms with Gasteiger partial charge in [0, 0.05) is 11.1 Å². The first-order valence-electron chi connectivity index (χ1n) is 6.68. The summed E-state index contributed by atoms with van der Waals surface area (Å²) in [5.41, 5.74) is 1.83. The summed E-state index contributed by atoms with van der Waals surface area (Å²) in [5.74, 6) is 1.80. The van der Waals surface area contributed by atoms with Crippen molar-refractivity contribution in [3.63, 3.8) is 0 Å². The number of rotatable bonds is 5. The van der Waals surface area contributed by atoms with E-state index in [-0.39, 0.29) is 0 Å². The van der Waals surface area contributed by atoms with Gasteiger partial charge in [-0.3, -0.25) is 0 Å². The van der Waals surface area contributed by atoms with Crippen molar-refractivity contribution in [1.82, 2.24) is 15.0 Å². The number of benzene rings is 1. The van der Waals surface area contributed by atoms with Gasteiger partial charge in [0.05, 0.1) is 0 Å². The topological polar surface area (TPSA) is 38.7 Å². The highest BCUT2D eigenvalue weighted by Gasteiger charge is 2.08. The van der Waals surface area contributed by atoms with E-state index < -0.39 is 0 Å². The van der Waals surface area contributed by atoms with E-state index in [2.05, 4.69) is 28.1 Å². The summed E-state index contributed by atoms with van der Waals surface area (Å²) >= 11 is 0. The molecule has 2 aromatic rings. The molecule has 0 unspecified atom stereocenters. The second-order valence-corrected chi connectivity index (χ2v) is 4.27. The van der Waals surface area contributed by atoms with E-state index >= 15 is 0 Å². The fourth-order valence-electron chi connectivity index (χ4n) is 1.84. The molecule has 0 saturated heterocycles. The zero-order chi connectivity index (χ0) is 15.1. The highest BCUT2D eigenvalue weighted by atomic mass is 15.0. The molecule has 0 amide bonds. The molecule has 1 aromatic carbocycles. The summed E-state index contributed by atoms with van der Waals surface area (Å²) in [7, 11) is 0. The summed E-state index contributed by atoms with van der Waals surface area (Å²) in [5, 5.41) is 0. The van der Waals surface area contributed by atoms with Crippen LogP contribution >= 0.6 is 0 Å². The van der Waals surface area contributed by atoms with Crippen LogP contribution in [-0.4, -0.2) is 15.0 Å². The van der Waals surface area contributed by atoms with Crippen LogP contribution in [0.1, 0.15) is 18.6 Å². The molecule has 3 heteroatoms. The highest BCUT2D eigenvalue weighted by Crippen LogP contribution is 2.18. The first-order chi connectivity index (χ1) is 10.3. The van der Waals surface area contributed by atoms with E-state index in [4.69, 9.17) is 0 Å². The van der Waals surface area contributed by atoms with E-state index in [1.165, 1.54) is 0 Å². The third-order valence-electron chi connectivity index (χ3n) is 2.77. The van der Waals surface area contributed by atoms with Crippen LogP contribution in [0.15, 0.2) is 67.8 Å². The molecule has 0 saturated carbocycles. The molecule has 0 spiro atoms. The molecular weight excluding hydrogens is 258 g/mol. The van der Waals surface area contributed by atoms with Crippen LogP contribution in [0.3, 0.4) is 0 Å². The molecule has 0 aliphatic heterocycles. The smallest absolute Gasteiger partial charge is 0.164 e. The van der Waals surface area contributed by atoms with Crippen molar-refractivity contribution in [3.8, 4) is 11.4 Å². The second-order valence-electron chi connectivity index (χ2n) is 4.27. The summed E-state index contributed by atoms with van der Waals surface area (Å²) in [4.78, 5) is 13.4. The van der Waals surface area contributed by atoms with Gasteiger partial charge in [0.1, 0.15) is 0 Å². The Hall–Kier alpha value is -2.81. The van der Waals surface area contributed by atoms with Crippen molar-refractivity contribution < 1.29 is 0 Å². The minimum absolute atomic E-state index is 0.554. The van der Waals surface area contributed by atoms with Crippen LogP contribution < -0.4 is 0 Å². The highest BCUT2D eigenvalue weighted by molar-refractivity contribution is 5.72. The molecule has 0 bridgehead atoms. The van der Waals surface area contributed by atoms with E-state index in [0.29, 0.717) is 17.5 Å². The van der Waals surface area contributed by atoms with Gasteiger partial charge in [-0.1, -0.05) is 67.8 Å². The zero-order valence-electron chi connectivity index (χ0n) is 12.0. The molecule has 1 aromatic heterocycles. The largest absolute Gasteiger partial charge is 0.209 e. The van der Waals surface area contributed by atoms with Crippen molar-refractivity contribution in [2.45, 2.75) is 6.92 Å². The number of nitrogens with zero attached hydrogens (tertiary/aromatic N) is 3. The summed E-state index contributed by atoms with van der Waals surface area (Å²) in [6.07, 6.45) is 9.10. The lowest BCUT2D eigenvalue weighted by atomic mass is 10.2. The molecule has 104 valence electrons. The molecule has 0 radical (unpaired) electrons. The Morgan fingerprint density at radius 3 is 2.43 bits per heavy atom. The van der Waals surface area contributed by atoms with Gasteiger partial charge in [-0.05, 0) is 13.0 Å². The Labute approximate surface area is 125 Å². The number of hydrogen-bond acceptors (Lipinski definition) is 3. The van der Waals surface area contributed by atoms with Crippen LogP contribution in [0.4, 0.5) is 0 Å². The number of allylic oxidation sites excluding steroid dienone is 5. The maximum Gasteiger partial charge on any atom is 0.164 e. The van der Waals surface area contributed by atoms with E-state index in [0.717, 1.165) is 11.1 Å². The third kappa shape index (κ3) is 3.60. The molecule has 2 rings (SSSR count). The van der Waals surface area contributed by atoms with Crippen LogP contribution in [-0.2, 0) is 0 Å². The molecule has 0 N–H and O–H groups in total. The van der Waals surface area contributed by atoms with Crippen LogP contribution in [0.2, 0.25) is 0 Å². The van der Waals surface area contributed by atoms with Crippen LogP contribution in [0.25, 0.3) is 23.0 Å². The molecule has 0 aliphatic rings. The third-order valence-corrected chi connectivity index (χ3v) is 2.77. The normalized spacial score (nSPS) is 11.6. The van der Waals surface area contributed by atoms with Gasteiger partial charge in [-0.25, -0.2) is 15.0 Å². The maximum atomic E-state index is 4.55. The van der Waals surface area contributed by atoms with Crippen molar-refractivity contribution in [2.75, 3.05) is 0 Å². The lowest BCUT2D eigenvalue weighted by Crippen LogP contribution is -2.01. The summed E-state index contributed by atoms with van der Waals surface area (Å²) in [6, 6.07) is 9.82. The molecular formula is C18H17N3. The lowest BCUT2D eigenvalue weighted by molar-refractivity contribution is 1.01. The fourth-order valence-corrected chi connectivity index (χ4v) is 1.84. The van der Waals surface area contributed by atoms with Gasteiger partial charge < -0.3 is 0 Å². The average Bonchev–Trinajstić information content (AvgIpc) is 2.55. The first kappa shape index (κ1) is 14.6. The summed E-state index contributed by atoms with van der Waals surface area (Å²) < 4.78 is 0. The minimum Gasteiger partial charge on any atom is -0.209 e. The maximum absolute atomic E-state index is 4.55. The molecule has 21 heavy (non-hydrogen) atoms. The molecule has 0 fully saturated rings. The van der Waals surface area contributed by atoms with E-state index in [9.17, 15) is 0 Å². The zero-order valence-corrected chi connectivity index (χ0v) is 12.0. The van der Waals surface area contributed by atoms with Gasteiger partial charge in [-0.2, -0.15) is 0 Å². The predicted octanol–water partition coefficient (Wildman–Crippen LogP) is 4.33. The van der Waals surface area contributed by atoms with Crippen LogP contribution in [0.5, 0.6) is 0 Å². The minimum atomic E-state index is 0.554. The monoisotopic (exact) mass is 275 g/mol. The van der Waals surface area contributed by atoms with Crippen molar-refractivity contribution >= 4 is 11.6 Å². The first-order valence-corrected chi connectivity index (χ1v) is 6.68. The van der Waals surface area contributed by atoms with Crippen molar-refractivity contribution in [3.05, 3.63) is 79.4 Å². The average molecular weight is 275 g/mol. The number of hydrogen-bond donors (Lipinski definition) is 0. The SMILES string of the molecule is C=C/C=C(\C=C/C)c1nc(C=C)nc(-c2ccccc2)n1. The Kier molecular flexibility index (Phi) is 4.94. The van der Waals surface area contributed by atoms with Gasteiger partial charge in [0.2, 0.25) is 0 Å². The van der Waals surface area contributed by atoms with E-state index in [1.54, 1.807) is 12.2 Å². The van der Waals surface area contributed by atoms with Gasteiger partial charge >= 0.3 is 0 Å². The Morgan fingerprint density at radius 2 is 1.81 bits per heavy atom. The summed E-state index contributed by atoms with van der Waals surface area (Å²) in [6.45, 7) is 9.43. The lowest BCUT2D eigenvalue weighted by Gasteiger charge is -2.06. The Morgan fingerprint density at radius 1 is 1.05 bits per heavy atom.